The molecule has 1 N–H and O–H groups in total. The normalized spacial score (nSPS) is 22.6. The van der Waals surface area contributed by atoms with E-state index in [2.05, 4.69) is 26.2 Å². The van der Waals surface area contributed by atoms with Gasteiger partial charge in [-0.05, 0) is 66.1 Å². The number of benzene rings is 1. The SMILES string of the molecule is CCOC(=O)C1=C(C2CCC(C(=O)OC)CC2)NC(c2nccs2)=NC1c1cccc(F)c1Br. The van der Waals surface area contributed by atoms with Crippen LogP contribution in [-0.2, 0) is 19.1 Å². The Morgan fingerprint density at radius 3 is 2.68 bits per heavy atom. The van der Waals surface area contributed by atoms with Gasteiger partial charge in [0.15, 0.2) is 10.8 Å². The van der Waals surface area contributed by atoms with E-state index >= 15 is 0 Å². The maximum atomic E-state index is 14.5. The Morgan fingerprint density at radius 1 is 1.26 bits per heavy atom. The van der Waals surface area contributed by atoms with Crippen molar-refractivity contribution in [3.8, 4) is 0 Å². The number of allylic oxidation sites excluding steroid dienone is 1. The molecule has 180 valence electrons. The molecule has 1 aliphatic heterocycles. The summed E-state index contributed by atoms with van der Waals surface area (Å²) in [5.41, 5.74) is 1.58. The van der Waals surface area contributed by atoms with Crippen molar-refractivity contribution in [3.63, 3.8) is 0 Å². The largest absolute Gasteiger partial charge is 0.469 e. The Labute approximate surface area is 209 Å². The van der Waals surface area contributed by atoms with Crippen LogP contribution in [0.4, 0.5) is 4.39 Å². The molecule has 0 spiro atoms. The molecule has 1 atom stereocenters. The number of carbonyl (C=O) groups excluding carboxylic acids is 2. The van der Waals surface area contributed by atoms with Gasteiger partial charge in [-0.25, -0.2) is 14.2 Å². The quantitative estimate of drug-likeness (QED) is 0.513. The third-order valence-corrected chi connectivity index (χ3v) is 7.77. The molecule has 1 aromatic heterocycles. The molecule has 1 aliphatic carbocycles. The van der Waals surface area contributed by atoms with Gasteiger partial charge in [0.25, 0.3) is 0 Å². The molecule has 34 heavy (non-hydrogen) atoms. The van der Waals surface area contributed by atoms with E-state index in [1.807, 2.05) is 5.38 Å². The summed E-state index contributed by atoms with van der Waals surface area (Å²) in [5, 5.41) is 5.87. The number of thiazole rings is 1. The molecule has 2 aliphatic rings. The number of nitrogens with one attached hydrogen (secondary N) is 1. The Balaban J connectivity index is 1.81. The predicted molar refractivity (Wildman–Crippen MR) is 130 cm³/mol. The lowest BCUT2D eigenvalue weighted by molar-refractivity contribution is -0.146. The van der Waals surface area contributed by atoms with E-state index in [9.17, 15) is 14.0 Å². The van der Waals surface area contributed by atoms with E-state index in [-0.39, 0.29) is 28.9 Å². The van der Waals surface area contributed by atoms with Crippen molar-refractivity contribution in [2.75, 3.05) is 13.7 Å². The van der Waals surface area contributed by atoms with E-state index in [1.54, 1.807) is 25.3 Å². The Hall–Kier alpha value is -2.59. The monoisotopic (exact) mass is 549 g/mol. The standard InChI is InChI=1S/C24H25BrFN3O4S/c1-3-33-24(31)17-19(13-7-9-14(10-8-13)23(30)32-2)28-21(22-27-11-12-34-22)29-20(17)15-5-4-6-16(26)18(15)25/h4-6,11-14,20H,3,7-10H2,1-2H3,(H,28,29). The number of ether oxygens (including phenoxy) is 2. The first-order valence-electron chi connectivity index (χ1n) is 11.1. The molecule has 2 heterocycles. The summed E-state index contributed by atoms with van der Waals surface area (Å²) in [4.78, 5) is 34.5. The summed E-state index contributed by atoms with van der Waals surface area (Å²) in [7, 11) is 1.40. The molecule has 0 amide bonds. The fourth-order valence-electron chi connectivity index (χ4n) is 4.51. The van der Waals surface area contributed by atoms with E-state index in [4.69, 9.17) is 14.5 Å². The van der Waals surface area contributed by atoms with Gasteiger partial charge in [0, 0.05) is 17.3 Å². The number of esters is 2. The lowest BCUT2D eigenvalue weighted by Gasteiger charge is -2.34. The van der Waals surface area contributed by atoms with Gasteiger partial charge in [0.1, 0.15) is 11.9 Å². The van der Waals surface area contributed by atoms with Crippen molar-refractivity contribution >= 4 is 45.0 Å². The van der Waals surface area contributed by atoms with E-state index in [0.717, 1.165) is 0 Å². The fraction of sp³-hybridized carbons (Fsp3) is 0.417. The number of halogens is 2. The van der Waals surface area contributed by atoms with Crippen molar-refractivity contribution in [3.05, 3.63) is 61.9 Å². The van der Waals surface area contributed by atoms with Crippen LogP contribution in [0.5, 0.6) is 0 Å². The van der Waals surface area contributed by atoms with Crippen LogP contribution in [0.25, 0.3) is 0 Å². The first-order valence-corrected chi connectivity index (χ1v) is 12.8. The van der Waals surface area contributed by atoms with Gasteiger partial charge in [-0.1, -0.05) is 12.1 Å². The topological polar surface area (TPSA) is 89.9 Å². The zero-order valence-electron chi connectivity index (χ0n) is 18.8. The summed E-state index contributed by atoms with van der Waals surface area (Å²) in [6.07, 6.45) is 4.36. The van der Waals surface area contributed by atoms with Gasteiger partial charge in [0.2, 0.25) is 0 Å². The Kier molecular flexibility index (Phi) is 7.77. The lowest BCUT2D eigenvalue weighted by Crippen LogP contribution is -2.38. The Bertz CT molecular complexity index is 1130. The van der Waals surface area contributed by atoms with Crippen molar-refractivity contribution in [1.82, 2.24) is 10.3 Å². The average molecular weight is 550 g/mol. The molecular weight excluding hydrogens is 525 g/mol. The van der Waals surface area contributed by atoms with E-state index in [0.29, 0.717) is 53.4 Å². The minimum atomic E-state index is -0.780. The van der Waals surface area contributed by atoms with Crippen LogP contribution >= 0.6 is 27.3 Å². The highest BCUT2D eigenvalue weighted by molar-refractivity contribution is 9.10. The van der Waals surface area contributed by atoms with Gasteiger partial charge in [-0.3, -0.25) is 9.79 Å². The van der Waals surface area contributed by atoms with Crippen molar-refractivity contribution < 1.29 is 23.5 Å². The maximum Gasteiger partial charge on any atom is 0.338 e. The van der Waals surface area contributed by atoms with E-state index < -0.39 is 17.8 Å². The van der Waals surface area contributed by atoms with Gasteiger partial charge >= 0.3 is 11.9 Å². The highest BCUT2D eigenvalue weighted by atomic mass is 79.9. The van der Waals surface area contributed by atoms with Crippen LogP contribution < -0.4 is 5.32 Å². The molecule has 1 saturated carbocycles. The summed E-state index contributed by atoms with van der Waals surface area (Å²) in [6, 6.07) is 3.91. The third kappa shape index (κ3) is 4.93. The van der Waals surface area contributed by atoms with Crippen molar-refractivity contribution in [2.24, 2.45) is 16.8 Å². The summed E-state index contributed by atoms with van der Waals surface area (Å²) in [6.45, 7) is 1.94. The molecule has 0 radical (unpaired) electrons. The number of hydrogen-bond donors (Lipinski definition) is 1. The van der Waals surface area contributed by atoms with Gasteiger partial charge < -0.3 is 14.8 Å². The minimum absolute atomic E-state index is 0.0272. The first-order chi connectivity index (χ1) is 16.4. The zero-order valence-corrected chi connectivity index (χ0v) is 21.2. The first kappa shape index (κ1) is 24.5. The molecule has 1 fully saturated rings. The second kappa shape index (κ2) is 10.8. The van der Waals surface area contributed by atoms with Gasteiger partial charge in [-0.15, -0.1) is 11.3 Å². The molecule has 10 heteroatoms. The summed E-state index contributed by atoms with van der Waals surface area (Å²) >= 11 is 4.76. The lowest BCUT2D eigenvalue weighted by atomic mass is 9.78. The second-order valence-corrected chi connectivity index (χ2v) is 9.79. The van der Waals surface area contributed by atoms with Crippen LogP contribution in [0.3, 0.4) is 0 Å². The van der Waals surface area contributed by atoms with Crippen LogP contribution in [0.2, 0.25) is 0 Å². The number of hydrogen-bond acceptors (Lipinski definition) is 8. The fourth-order valence-corrected chi connectivity index (χ4v) is 5.58. The number of methoxy groups -OCH3 is 1. The van der Waals surface area contributed by atoms with Gasteiger partial charge in [0.05, 0.1) is 29.7 Å². The molecule has 4 rings (SSSR count). The number of aromatic nitrogens is 1. The van der Waals surface area contributed by atoms with Crippen LogP contribution in [-0.4, -0.2) is 36.5 Å². The molecule has 0 saturated heterocycles. The highest BCUT2D eigenvalue weighted by Gasteiger charge is 2.38. The third-order valence-electron chi connectivity index (χ3n) is 6.15. The Morgan fingerprint density at radius 2 is 2.03 bits per heavy atom. The highest BCUT2D eigenvalue weighted by Crippen LogP contribution is 2.42. The molecule has 7 nitrogen and oxygen atoms in total. The van der Waals surface area contributed by atoms with Crippen molar-refractivity contribution in [2.45, 2.75) is 38.6 Å². The smallest absolute Gasteiger partial charge is 0.338 e. The van der Waals surface area contributed by atoms with Crippen LogP contribution in [0, 0.1) is 17.7 Å². The van der Waals surface area contributed by atoms with Crippen LogP contribution in [0.1, 0.15) is 49.2 Å². The molecule has 2 aromatic rings. The summed E-state index contributed by atoms with van der Waals surface area (Å²) in [5.74, 6) is -0.804. The number of rotatable bonds is 6. The molecular formula is C24H25BrFN3O4S. The number of nitrogens with zero attached hydrogens (tertiary/aromatic N) is 2. The van der Waals surface area contributed by atoms with Crippen molar-refractivity contribution in [1.29, 1.82) is 0 Å². The number of aliphatic imine (C=N–C) groups is 1. The number of amidine groups is 1. The molecule has 0 bridgehead atoms. The predicted octanol–water partition coefficient (Wildman–Crippen LogP) is 4.93. The van der Waals surface area contributed by atoms with Crippen LogP contribution in [0.15, 0.2) is 50.5 Å². The maximum absolute atomic E-state index is 14.5. The minimum Gasteiger partial charge on any atom is -0.469 e. The van der Waals surface area contributed by atoms with Gasteiger partial charge in [-0.2, -0.15) is 0 Å². The molecule has 1 aromatic carbocycles. The second-order valence-electron chi connectivity index (χ2n) is 8.11. The van der Waals surface area contributed by atoms with E-state index in [1.165, 1.54) is 24.5 Å². The summed E-state index contributed by atoms with van der Waals surface area (Å²) < 4.78 is 25.1. The average Bonchev–Trinajstić information content (AvgIpc) is 3.40. The zero-order chi connectivity index (χ0) is 24.2. The number of carbonyl (C=O) groups is 2. The molecule has 1 unspecified atom stereocenters.